The summed E-state index contributed by atoms with van der Waals surface area (Å²) in [5, 5.41) is 7.31. The van der Waals surface area contributed by atoms with E-state index in [1.54, 1.807) is 6.33 Å². The largest absolute Gasteiger partial charge is 0.346 e. The number of aromatic nitrogens is 3. The van der Waals surface area contributed by atoms with Crippen LogP contribution in [0.3, 0.4) is 0 Å². The molecule has 1 fully saturated rings. The van der Waals surface area contributed by atoms with Crippen LogP contribution < -0.4 is 5.32 Å². The zero-order valence-electron chi connectivity index (χ0n) is 15.0. The number of hydrogen-bond acceptors (Lipinski definition) is 4. The Labute approximate surface area is 139 Å². The highest BCUT2D eigenvalue weighted by atomic mass is 16.1. The van der Waals surface area contributed by atoms with Gasteiger partial charge in [-0.15, -0.1) is 0 Å². The molecule has 1 aliphatic heterocycles. The standard InChI is InChI=1S/C17H31N5O/c1-5-8-22-17(18-12-19-22)14(4)20-16(23)11-15-6-9-21(10-7-15)13(2)3/h12-15H,5-11H2,1-4H3,(H,20,23)/t14-/m1/s1. The summed E-state index contributed by atoms with van der Waals surface area (Å²) in [6.07, 6.45) is 5.43. The van der Waals surface area contributed by atoms with Crippen LogP contribution in [0.4, 0.5) is 0 Å². The van der Waals surface area contributed by atoms with Gasteiger partial charge in [0, 0.05) is 19.0 Å². The normalized spacial score (nSPS) is 18.3. The molecule has 2 heterocycles. The molecule has 0 spiro atoms. The van der Waals surface area contributed by atoms with Crippen LogP contribution in [0.1, 0.15) is 65.2 Å². The Morgan fingerprint density at radius 3 is 2.65 bits per heavy atom. The van der Waals surface area contributed by atoms with E-state index < -0.39 is 0 Å². The van der Waals surface area contributed by atoms with Crippen LogP contribution in [0.2, 0.25) is 0 Å². The Morgan fingerprint density at radius 2 is 2.04 bits per heavy atom. The summed E-state index contributed by atoms with van der Waals surface area (Å²) in [4.78, 5) is 19.1. The second-order valence-corrected chi connectivity index (χ2v) is 6.91. The number of carbonyl (C=O) groups excluding carboxylic acids is 1. The molecule has 1 aromatic rings. The fourth-order valence-electron chi connectivity index (χ4n) is 3.29. The number of piperidine rings is 1. The summed E-state index contributed by atoms with van der Waals surface area (Å²) in [7, 11) is 0. The zero-order valence-corrected chi connectivity index (χ0v) is 15.0. The van der Waals surface area contributed by atoms with Crippen molar-refractivity contribution in [1.82, 2.24) is 25.0 Å². The minimum Gasteiger partial charge on any atom is -0.346 e. The lowest BCUT2D eigenvalue weighted by molar-refractivity contribution is -0.123. The molecule has 0 aliphatic carbocycles. The van der Waals surface area contributed by atoms with Crippen molar-refractivity contribution in [3.63, 3.8) is 0 Å². The molecular formula is C17H31N5O. The Kier molecular flexibility index (Phi) is 6.57. The first-order chi connectivity index (χ1) is 11.0. The maximum absolute atomic E-state index is 12.3. The topological polar surface area (TPSA) is 63.1 Å². The Hall–Kier alpha value is -1.43. The van der Waals surface area contributed by atoms with E-state index in [2.05, 4.69) is 41.1 Å². The SMILES string of the molecule is CCCn1ncnc1[C@@H](C)NC(=O)CC1CCN(C(C)C)CC1. The van der Waals surface area contributed by atoms with Gasteiger partial charge in [0.25, 0.3) is 0 Å². The highest BCUT2D eigenvalue weighted by molar-refractivity contribution is 5.76. The number of rotatable bonds is 7. The minimum atomic E-state index is -0.0905. The van der Waals surface area contributed by atoms with Crippen LogP contribution in [0.15, 0.2) is 6.33 Å². The van der Waals surface area contributed by atoms with Gasteiger partial charge in [0.1, 0.15) is 12.2 Å². The van der Waals surface area contributed by atoms with Crippen molar-refractivity contribution < 1.29 is 4.79 Å². The van der Waals surface area contributed by atoms with Crippen molar-refractivity contribution >= 4 is 5.91 Å². The first-order valence-electron chi connectivity index (χ1n) is 8.92. The van der Waals surface area contributed by atoms with Gasteiger partial charge < -0.3 is 10.2 Å². The second-order valence-electron chi connectivity index (χ2n) is 6.91. The molecule has 2 rings (SSSR count). The Balaban J connectivity index is 1.79. The smallest absolute Gasteiger partial charge is 0.220 e. The second kappa shape index (κ2) is 8.43. The highest BCUT2D eigenvalue weighted by Gasteiger charge is 2.24. The fourth-order valence-corrected chi connectivity index (χ4v) is 3.29. The minimum absolute atomic E-state index is 0.0905. The third-order valence-electron chi connectivity index (χ3n) is 4.70. The average molecular weight is 321 g/mol. The zero-order chi connectivity index (χ0) is 16.8. The number of carbonyl (C=O) groups is 1. The van der Waals surface area contributed by atoms with E-state index in [1.807, 2.05) is 11.6 Å². The average Bonchev–Trinajstić information content (AvgIpc) is 2.96. The monoisotopic (exact) mass is 321 g/mol. The molecular weight excluding hydrogens is 290 g/mol. The molecule has 1 atom stereocenters. The maximum Gasteiger partial charge on any atom is 0.220 e. The number of amides is 1. The third kappa shape index (κ3) is 5.03. The van der Waals surface area contributed by atoms with Gasteiger partial charge in [-0.1, -0.05) is 6.92 Å². The van der Waals surface area contributed by atoms with Gasteiger partial charge in [0.15, 0.2) is 0 Å². The molecule has 6 heteroatoms. The Morgan fingerprint density at radius 1 is 1.35 bits per heavy atom. The third-order valence-corrected chi connectivity index (χ3v) is 4.70. The van der Waals surface area contributed by atoms with E-state index in [4.69, 9.17) is 0 Å². The molecule has 1 aromatic heterocycles. The van der Waals surface area contributed by atoms with Gasteiger partial charge in [-0.3, -0.25) is 4.79 Å². The van der Waals surface area contributed by atoms with E-state index in [0.29, 0.717) is 18.4 Å². The van der Waals surface area contributed by atoms with Crippen molar-refractivity contribution in [3.8, 4) is 0 Å². The van der Waals surface area contributed by atoms with Gasteiger partial charge >= 0.3 is 0 Å². The summed E-state index contributed by atoms with van der Waals surface area (Å²) in [5.74, 6) is 1.48. The number of likely N-dealkylation sites (tertiary alicyclic amines) is 1. The lowest BCUT2D eigenvalue weighted by atomic mass is 9.92. The number of hydrogen-bond donors (Lipinski definition) is 1. The predicted octanol–water partition coefficient (Wildman–Crippen LogP) is 2.38. The number of nitrogens with zero attached hydrogens (tertiary/aromatic N) is 4. The molecule has 1 N–H and O–H groups in total. The molecule has 1 amide bonds. The van der Waals surface area contributed by atoms with E-state index in [1.165, 1.54) is 0 Å². The van der Waals surface area contributed by atoms with Gasteiger partial charge in [-0.2, -0.15) is 5.10 Å². The summed E-state index contributed by atoms with van der Waals surface area (Å²) in [6, 6.07) is 0.516. The van der Waals surface area contributed by atoms with Gasteiger partial charge in [0.05, 0.1) is 6.04 Å². The fraction of sp³-hybridized carbons (Fsp3) is 0.824. The van der Waals surface area contributed by atoms with Crippen LogP contribution in [0.25, 0.3) is 0 Å². The van der Waals surface area contributed by atoms with E-state index >= 15 is 0 Å². The summed E-state index contributed by atoms with van der Waals surface area (Å²) >= 11 is 0. The number of aryl methyl sites for hydroxylation is 1. The van der Waals surface area contributed by atoms with Crippen LogP contribution >= 0.6 is 0 Å². The molecule has 0 unspecified atom stereocenters. The molecule has 6 nitrogen and oxygen atoms in total. The van der Waals surface area contributed by atoms with Crippen molar-refractivity contribution in [2.45, 2.75) is 72.0 Å². The summed E-state index contributed by atoms with van der Waals surface area (Å²) in [5.41, 5.74) is 0. The Bertz CT molecular complexity index is 491. The van der Waals surface area contributed by atoms with Gasteiger partial charge in [-0.05, 0) is 59.0 Å². The van der Waals surface area contributed by atoms with Crippen LogP contribution in [-0.4, -0.2) is 44.7 Å². The van der Waals surface area contributed by atoms with Crippen molar-refractivity contribution in [2.24, 2.45) is 5.92 Å². The molecule has 0 aromatic carbocycles. The molecule has 23 heavy (non-hydrogen) atoms. The van der Waals surface area contributed by atoms with Crippen molar-refractivity contribution in [2.75, 3.05) is 13.1 Å². The van der Waals surface area contributed by atoms with E-state index in [-0.39, 0.29) is 11.9 Å². The van der Waals surface area contributed by atoms with Gasteiger partial charge in [-0.25, -0.2) is 9.67 Å². The quantitative estimate of drug-likeness (QED) is 0.837. The molecule has 1 aliphatic rings. The molecule has 0 bridgehead atoms. The number of nitrogens with one attached hydrogen (secondary N) is 1. The first kappa shape index (κ1) is 17.9. The maximum atomic E-state index is 12.3. The van der Waals surface area contributed by atoms with Gasteiger partial charge in [0.2, 0.25) is 5.91 Å². The van der Waals surface area contributed by atoms with Crippen LogP contribution in [0, 0.1) is 5.92 Å². The molecule has 1 saturated heterocycles. The van der Waals surface area contributed by atoms with Crippen LogP contribution in [0.5, 0.6) is 0 Å². The van der Waals surface area contributed by atoms with Crippen molar-refractivity contribution in [3.05, 3.63) is 12.2 Å². The first-order valence-corrected chi connectivity index (χ1v) is 8.92. The summed E-state index contributed by atoms with van der Waals surface area (Å²) in [6.45, 7) is 11.6. The predicted molar refractivity (Wildman–Crippen MR) is 90.9 cm³/mol. The van der Waals surface area contributed by atoms with Crippen LogP contribution in [-0.2, 0) is 11.3 Å². The van der Waals surface area contributed by atoms with Crippen molar-refractivity contribution in [1.29, 1.82) is 0 Å². The molecule has 0 radical (unpaired) electrons. The van der Waals surface area contributed by atoms with E-state index in [0.717, 1.165) is 44.7 Å². The lowest BCUT2D eigenvalue weighted by Gasteiger charge is -2.34. The highest BCUT2D eigenvalue weighted by Crippen LogP contribution is 2.22. The van der Waals surface area contributed by atoms with E-state index in [9.17, 15) is 4.79 Å². The summed E-state index contributed by atoms with van der Waals surface area (Å²) < 4.78 is 1.88. The molecule has 0 saturated carbocycles. The molecule has 130 valence electrons. The lowest BCUT2D eigenvalue weighted by Crippen LogP contribution is -2.40.